The van der Waals surface area contributed by atoms with Gasteiger partial charge in [-0.25, -0.2) is 13.4 Å². The molecule has 0 bridgehead atoms. The summed E-state index contributed by atoms with van der Waals surface area (Å²) >= 11 is 0. The van der Waals surface area contributed by atoms with E-state index in [1.165, 1.54) is 24.3 Å². The molecule has 7 nitrogen and oxygen atoms in total. The van der Waals surface area contributed by atoms with E-state index in [9.17, 15) is 8.42 Å². The van der Waals surface area contributed by atoms with E-state index in [4.69, 9.17) is 10.9 Å². The van der Waals surface area contributed by atoms with Crippen LogP contribution in [-0.4, -0.2) is 34.8 Å². The van der Waals surface area contributed by atoms with E-state index in [2.05, 4.69) is 10.1 Å². The van der Waals surface area contributed by atoms with Crippen molar-refractivity contribution >= 4 is 15.7 Å². The SMILES string of the molecule is N/C(=N/O)c1ccc(S(=O)(=O)CCn2ccnc2)cc1. The first-order valence-electron chi connectivity index (χ1n) is 5.79. The Labute approximate surface area is 116 Å². The molecule has 0 spiro atoms. The summed E-state index contributed by atoms with van der Waals surface area (Å²) in [5.74, 6) is -0.0842. The molecule has 0 aliphatic rings. The summed E-state index contributed by atoms with van der Waals surface area (Å²) in [5.41, 5.74) is 5.88. The predicted octanol–water partition coefficient (Wildman–Crippen LogP) is 0.451. The number of rotatable bonds is 5. The molecule has 0 amide bonds. The van der Waals surface area contributed by atoms with Crippen LogP contribution in [0.15, 0.2) is 53.0 Å². The van der Waals surface area contributed by atoms with Crippen molar-refractivity contribution in [2.75, 3.05) is 5.75 Å². The normalized spacial score (nSPS) is 12.5. The zero-order valence-electron chi connectivity index (χ0n) is 10.5. The molecule has 20 heavy (non-hydrogen) atoms. The first kappa shape index (κ1) is 14.1. The van der Waals surface area contributed by atoms with Crippen molar-refractivity contribution in [1.82, 2.24) is 9.55 Å². The summed E-state index contributed by atoms with van der Waals surface area (Å²) in [6.07, 6.45) is 4.87. The number of aromatic nitrogens is 2. The molecule has 1 heterocycles. The fraction of sp³-hybridized carbons (Fsp3) is 0.167. The molecule has 0 fully saturated rings. The Kier molecular flexibility index (Phi) is 4.04. The Morgan fingerprint density at radius 1 is 1.35 bits per heavy atom. The third-order valence-electron chi connectivity index (χ3n) is 2.79. The Hall–Kier alpha value is -2.35. The van der Waals surface area contributed by atoms with Crippen LogP contribution in [0, 0.1) is 0 Å². The summed E-state index contributed by atoms with van der Waals surface area (Å²) in [5, 5.41) is 11.4. The average molecular weight is 294 g/mol. The van der Waals surface area contributed by atoms with Crippen molar-refractivity contribution in [3.8, 4) is 0 Å². The summed E-state index contributed by atoms with van der Waals surface area (Å²) in [6, 6.07) is 5.88. The lowest BCUT2D eigenvalue weighted by Crippen LogP contribution is -2.15. The Bertz CT molecular complexity index is 691. The van der Waals surface area contributed by atoms with Crippen molar-refractivity contribution in [2.24, 2.45) is 10.9 Å². The summed E-state index contributed by atoms with van der Waals surface area (Å²) in [4.78, 5) is 4.05. The molecule has 0 saturated carbocycles. The molecule has 3 N–H and O–H groups in total. The smallest absolute Gasteiger partial charge is 0.180 e. The van der Waals surface area contributed by atoms with Gasteiger partial charge in [-0.05, 0) is 24.3 Å². The standard InChI is InChI=1S/C12H14N4O3S/c13-12(15-17)10-1-3-11(4-2-10)20(18,19)8-7-16-6-5-14-9-16/h1-6,9,17H,7-8H2,(H2,13,15). The molecule has 0 radical (unpaired) electrons. The van der Waals surface area contributed by atoms with Crippen molar-refractivity contribution in [3.05, 3.63) is 48.5 Å². The van der Waals surface area contributed by atoms with Gasteiger partial charge in [-0.1, -0.05) is 5.16 Å². The van der Waals surface area contributed by atoms with E-state index in [0.29, 0.717) is 12.1 Å². The number of oxime groups is 1. The van der Waals surface area contributed by atoms with Gasteiger partial charge in [0.15, 0.2) is 15.7 Å². The first-order valence-corrected chi connectivity index (χ1v) is 7.44. The second kappa shape index (κ2) is 5.74. The number of imidazole rings is 1. The van der Waals surface area contributed by atoms with Gasteiger partial charge in [-0.15, -0.1) is 0 Å². The van der Waals surface area contributed by atoms with E-state index < -0.39 is 9.84 Å². The highest BCUT2D eigenvalue weighted by Crippen LogP contribution is 2.13. The van der Waals surface area contributed by atoms with Crippen LogP contribution >= 0.6 is 0 Å². The molecule has 1 aromatic carbocycles. The topological polar surface area (TPSA) is 111 Å². The average Bonchev–Trinajstić information content (AvgIpc) is 2.98. The van der Waals surface area contributed by atoms with Gasteiger partial charge < -0.3 is 15.5 Å². The number of nitrogens with two attached hydrogens (primary N) is 1. The highest BCUT2D eigenvalue weighted by atomic mass is 32.2. The summed E-state index contributed by atoms with van der Waals surface area (Å²) < 4.78 is 26.0. The number of aryl methyl sites for hydroxylation is 1. The van der Waals surface area contributed by atoms with Crippen LogP contribution in [0.4, 0.5) is 0 Å². The fourth-order valence-corrected chi connectivity index (χ4v) is 2.89. The number of nitrogens with zero attached hydrogens (tertiary/aromatic N) is 3. The van der Waals surface area contributed by atoms with Crippen LogP contribution < -0.4 is 5.73 Å². The lowest BCUT2D eigenvalue weighted by molar-refractivity contribution is 0.318. The minimum atomic E-state index is -3.38. The van der Waals surface area contributed by atoms with E-state index in [0.717, 1.165) is 0 Å². The van der Waals surface area contributed by atoms with Gasteiger partial charge in [-0.3, -0.25) is 0 Å². The number of benzene rings is 1. The van der Waals surface area contributed by atoms with Crippen LogP contribution in [0.25, 0.3) is 0 Å². The molecule has 0 aliphatic carbocycles. The second-order valence-corrected chi connectivity index (χ2v) is 6.24. The van der Waals surface area contributed by atoms with Gasteiger partial charge in [-0.2, -0.15) is 0 Å². The van der Waals surface area contributed by atoms with Crippen molar-refractivity contribution in [3.63, 3.8) is 0 Å². The number of amidine groups is 1. The van der Waals surface area contributed by atoms with Crippen LogP contribution in [0.1, 0.15) is 5.56 Å². The maximum Gasteiger partial charge on any atom is 0.180 e. The third kappa shape index (κ3) is 3.15. The Morgan fingerprint density at radius 2 is 2.05 bits per heavy atom. The molecular weight excluding hydrogens is 280 g/mol. The fourth-order valence-electron chi connectivity index (χ4n) is 1.65. The molecule has 106 valence electrons. The van der Waals surface area contributed by atoms with Gasteiger partial charge in [0.05, 0.1) is 17.0 Å². The summed E-state index contributed by atoms with van der Waals surface area (Å²) in [6.45, 7) is 0.338. The van der Waals surface area contributed by atoms with E-state index in [1.54, 1.807) is 23.3 Å². The summed E-state index contributed by atoms with van der Waals surface area (Å²) in [7, 11) is -3.38. The lowest BCUT2D eigenvalue weighted by atomic mass is 10.2. The van der Waals surface area contributed by atoms with Gasteiger partial charge >= 0.3 is 0 Å². The zero-order chi connectivity index (χ0) is 14.6. The molecule has 2 rings (SSSR count). The third-order valence-corrected chi connectivity index (χ3v) is 4.50. The van der Waals surface area contributed by atoms with Crippen LogP contribution in [0.3, 0.4) is 0 Å². The maximum atomic E-state index is 12.1. The zero-order valence-corrected chi connectivity index (χ0v) is 11.4. The Balaban J connectivity index is 2.13. The van der Waals surface area contributed by atoms with Gasteiger partial charge in [0.1, 0.15) is 0 Å². The second-order valence-electron chi connectivity index (χ2n) is 4.13. The van der Waals surface area contributed by atoms with Crippen LogP contribution in [0.2, 0.25) is 0 Å². The van der Waals surface area contributed by atoms with Crippen molar-refractivity contribution in [2.45, 2.75) is 11.4 Å². The van der Waals surface area contributed by atoms with Crippen molar-refractivity contribution < 1.29 is 13.6 Å². The molecule has 2 aromatic rings. The molecule has 1 aromatic heterocycles. The molecule has 0 aliphatic heterocycles. The largest absolute Gasteiger partial charge is 0.409 e. The predicted molar refractivity (Wildman–Crippen MR) is 73.2 cm³/mol. The minimum Gasteiger partial charge on any atom is -0.409 e. The number of sulfone groups is 1. The minimum absolute atomic E-state index is 0.0215. The van der Waals surface area contributed by atoms with Gasteiger partial charge in [0, 0.05) is 24.5 Å². The van der Waals surface area contributed by atoms with Crippen LogP contribution in [-0.2, 0) is 16.4 Å². The van der Waals surface area contributed by atoms with E-state index >= 15 is 0 Å². The molecule has 0 unspecified atom stereocenters. The first-order chi connectivity index (χ1) is 9.53. The quantitative estimate of drug-likeness (QED) is 0.360. The van der Waals surface area contributed by atoms with E-state index in [-0.39, 0.29) is 16.5 Å². The van der Waals surface area contributed by atoms with Crippen LogP contribution in [0.5, 0.6) is 0 Å². The molecule has 8 heteroatoms. The van der Waals surface area contributed by atoms with E-state index in [1.807, 2.05) is 0 Å². The molecule has 0 atom stereocenters. The van der Waals surface area contributed by atoms with Crippen molar-refractivity contribution in [1.29, 1.82) is 0 Å². The number of hydrogen-bond acceptors (Lipinski definition) is 5. The highest BCUT2D eigenvalue weighted by molar-refractivity contribution is 7.91. The molecule has 0 saturated heterocycles. The molecular formula is C12H14N4O3S. The number of hydrogen-bond donors (Lipinski definition) is 2. The highest BCUT2D eigenvalue weighted by Gasteiger charge is 2.14. The maximum absolute atomic E-state index is 12.1. The van der Waals surface area contributed by atoms with Gasteiger partial charge in [0.2, 0.25) is 0 Å². The Morgan fingerprint density at radius 3 is 2.60 bits per heavy atom. The monoisotopic (exact) mass is 294 g/mol. The lowest BCUT2D eigenvalue weighted by Gasteiger charge is -2.06. The van der Waals surface area contributed by atoms with Gasteiger partial charge in [0.25, 0.3) is 0 Å².